The number of nitrogens with zero attached hydrogens (tertiary/aromatic N) is 2. The van der Waals surface area contributed by atoms with Gasteiger partial charge in [-0.1, -0.05) is 22.7 Å². The summed E-state index contributed by atoms with van der Waals surface area (Å²) >= 11 is 0. The topological polar surface area (TPSA) is 81.9 Å². The first-order chi connectivity index (χ1) is 5.58. The second-order valence-corrected chi connectivity index (χ2v) is 2.96. The molecule has 0 saturated carbocycles. The van der Waals surface area contributed by atoms with E-state index in [1.54, 1.807) is 18.2 Å². The Morgan fingerprint density at radius 3 is 2.15 bits per heavy atom. The van der Waals surface area contributed by atoms with Gasteiger partial charge in [-0.25, -0.2) is 8.42 Å². The summed E-state index contributed by atoms with van der Waals surface area (Å²) in [6.45, 7) is 0. The van der Waals surface area contributed by atoms with Crippen LogP contribution in [0.3, 0.4) is 0 Å². The Kier molecular flexibility index (Phi) is 5.04. The Morgan fingerprint density at radius 2 is 1.69 bits per heavy atom. The zero-order valence-electron chi connectivity index (χ0n) is 6.22. The van der Waals surface area contributed by atoms with Gasteiger partial charge in [0.1, 0.15) is 0 Å². The van der Waals surface area contributed by atoms with Crippen LogP contribution in [0.5, 0.6) is 0 Å². The van der Waals surface area contributed by atoms with Crippen LogP contribution in [0.15, 0.2) is 40.0 Å². The molecule has 1 aromatic rings. The van der Waals surface area contributed by atoms with Crippen LogP contribution in [0.2, 0.25) is 0 Å². The first-order valence-electron chi connectivity index (χ1n) is 3.02. The molecular weight excluding hydrogens is 288 g/mol. The Bertz CT molecular complexity index is 376. The van der Waals surface area contributed by atoms with Crippen LogP contribution in [-0.4, -0.2) is 13.0 Å². The van der Waals surface area contributed by atoms with E-state index in [9.17, 15) is 13.0 Å². The molecule has 0 saturated heterocycles. The Balaban J connectivity index is 0.00000144. The molecule has 0 bridgehead atoms. The average Bonchev–Trinajstić information content (AvgIpc) is 2.02. The summed E-state index contributed by atoms with van der Waals surface area (Å²) in [7, 11) is -4.61. The third-order valence-electron chi connectivity index (χ3n) is 1.01. The van der Waals surface area contributed by atoms with Crippen molar-refractivity contribution in [2.24, 2.45) is 9.63 Å². The van der Waals surface area contributed by atoms with Gasteiger partial charge < -0.3 is 4.55 Å². The number of hydrogen-bond donors (Lipinski definition) is 0. The average molecular weight is 293 g/mol. The van der Waals surface area contributed by atoms with E-state index in [1.165, 1.54) is 12.1 Å². The maximum Gasteiger partial charge on any atom is 1.00 e. The third kappa shape index (κ3) is 5.67. The minimum absolute atomic E-state index is 0. The third-order valence-corrected chi connectivity index (χ3v) is 1.29. The zero-order chi connectivity index (χ0) is 9.03. The fraction of sp³-hybridized carbons (Fsp3) is 0. The van der Waals surface area contributed by atoms with Gasteiger partial charge in [-0.3, -0.25) is 0 Å². The van der Waals surface area contributed by atoms with Gasteiger partial charge in [-0.15, -0.1) is 5.11 Å². The van der Waals surface area contributed by atoms with E-state index in [-0.39, 0.29) is 22.4 Å². The van der Waals surface area contributed by atoms with E-state index in [0.29, 0.717) is 5.69 Å². The molecule has 0 aliphatic carbocycles. The molecule has 0 N–H and O–H groups in total. The van der Waals surface area contributed by atoms with E-state index in [0.717, 1.165) is 0 Å². The van der Waals surface area contributed by atoms with Gasteiger partial charge in [0.05, 0.1) is 5.69 Å². The summed E-state index contributed by atoms with van der Waals surface area (Å²) in [6.07, 6.45) is 0. The fourth-order valence-corrected chi connectivity index (χ4v) is 0.786. The van der Waals surface area contributed by atoms with Gasteiger partial charge in [0.15, 0.2) is 0 Å². The van der Waals surface area contributed by atoms with Crippen LogP contribution in [0, 0.1) is 0 Å². The minimum Gasteiger partial charge on any atom is -0.728 e. The summed E-state index contributed by atoms with van der Waals surface area (Å²) in [5.74, 6) is 0. The molecule has 0 fully saturated rings. The van der Waals surface area contributed by atoms with Crippen molar-refractivity contribution in [2.75, 3.05) is 0 Å². The monoisotopic (exact) mass is 292 g/mol. The van der Waals surface area contributed by atoms with E-state index in [4.69, 9.17) is 0 Å². The number of hydrogen-bond acceptors (Lipinski definition) is 4. The normalized spacial score (nSPS) is 11.2. The maximum atomic E-state index is 9.99. The van der Waals surface area contributed by atoms with Crippen molar-refractivity contribution in [3.05, 3.63) is 30.3 Å². The van der Waals surface area contributed by atoms with Gasteiger partial charge in [0.2, 0.25) is 10.3 Å². The van der Waals surface area contributed by atoms with Crippen LogP contribution in [-0.2, 0) is 32.7 Å². The van der Waals surface area contributed by atoms with Crippen LogP contribution in [0.1, 0.15) is 0 Å². The summed E-state index contributed by atoms with van der Waals surface area (Å²) in [5.41, 5.74) is 0.330. The molecule has 0 aromatic heterocycles. The molecule has 74 valence electrons. The molecule has 7 heteroatoms. The molecule has 0 unspecified atom stereocenters. The van der Waals surface area contributed by atoms with Crippen molar-refractivity contribution in [1.82, 2.24) is 0 Å². The predicted molar refractivity (Wildman–Crippen MR) is 40.7 cm³/mol. The van der Waals surface area contributed by atoms with Gasteiger partial charge >= 0.3 is 22.4 Å². The minimum atomic E-state index is -4.61. The van der Waals surface area contributed by atoms with Crippen LogP contribution >= 0.6 is 0 Å². The van der Waals surface area contributed by atoms with Crippen molar-refractivity contribution in [1.29, 1.82) is 0 Å². The van der Waals surface area contributed by atoms with Gasteiger partial charge in [0, 0.05) is 0 Å². The summed E-state index contributed by atoms with van der Waals surface area (Å²) in [6, 6.07) is 8.13. The Hall–Kier alpha value is -0.530. The molecule has 0 aliphatic heterocycles. The quantitative estimate of drug-likeness (QED) is 0.467. The molecule has 1 aromatic carbocycles. The van der Waals surface area contributed by atoms with Crippen molar-refractivity contribution >= 4 is 16.0 Å². The Morgan fingerprint density at radius 1 is 1.15 bits per heavy atom. The van der Waals surface area contributed by atoms with E-state index >= 15 is 0 Å². The largest absolute Gasteiger partial charge is 1.00 e. The summed E-state index contributed by atoms with van der Waals surface area (Å²) < 4.78 is 32.5. The number of benzene rings is 1. The molecule has 0 atom stereocenters. The molecule has 0 radical (unpaired) electrons. The smallest absolute Gasteiger partial charge is 0.728 e. The molecule has 0 spiro atoms. The molecular formula is C6H5AgN2O3S. The van der Waals surface area contributed by atoms with Gasteiger partial charge in [0.25, 0.3) is 0 Å². The number of rotatable bonds is 2. The molecule has 0 heterocycles. The summed E-state index contributed by atoms with van der Waals surface area (Å²) in [4.78, 5) is 0. The van der Waals surface area contributed by atoms with Crippen molar-refractivity contribution in [3.8, 4) is 0 Å². The molecule has 0 aliphatic rings. The van der Waals surface area contributed by atoms with E-state index < -0.39 is 10.3 Å². The van der Waals surface area contributed by atoms with Crippen LogP contribution in [0.4, 0.5) is 5.69 Å². The first-order valence-corrected chi connectivity index (χ1v) is 4.38. The van der Waals surface area contributed by atoms with Crippen molar-refractivity contribution in [3.63, 3.8) is 0 Å². The standard InChI is InChI=1S/C6H6N2O3S.Ag/c9-12(10,11)8-7-6-4-2-1-3-5-6;/h1-5H,(H,9,10,11);/q;+1/p-1. The summed E-state index contributed by atoms with van der Waals surface area (Å²) in [5, 5.41) is 3.20. The Labute approximate surface area is 91.3 Å². The second-order valence-electron chi connectivity index (χ2n) is 1.94. The van der Waals surface area contributed by atoms with Crippen LogP contribution in [0.25, 0.3) is 0 Å². The van der Waals surface area contributed by atoms with Crippen molar-refractivity contribution in [2.45, 2.75) is 0 Å². The predicted octanol–water partition coefficient (Wildman–Crippen LogP) is 1.23. The van der Waals surface area contributed by atoms with Gasteiger partial charge in [-0.05, 0) is 12.1 Å². The molecule has 13 heavy (non-hydrogen) atoms. The van der Waals surface area contributed by atoms with Crippen LogP contribution < -0.4 is 0 Å². The zero-order valence-corrected chi connectivity index (χ0v) is 8.51. The van der Waals surface area contributed by atoms with Crippen molar-refractivity contribution < 1.29 is 35.4 Å². The molecule has 5 nitrogen and oxygen atoms in total. The van der Waals surface area contributed by atoms with Gasteiger partial charge in [-0.2, -0.15) is 0 Å². The first kappa shape index (κ1) is 12.5. The SMILES string of the molecule is O=S(=O)([O-])N=Nc1ccccc1.[Ag+]. The maximum absolute atomic E-state index is 9.99. The van der Waals surface area contributed by atoms with E-state index in [1.807, 2.05) is 0 Å². The fourth-order valence-electron chi connectivity index (χ4n) is 0.592. The second kappa shape index (κ2) is 5.25. The molecule has 1 rings (SSSR count). The molecule has 0 amide bonds. The van der Waals surface area contributed by atoms with E-state index in [2.05, 4.69) is 9.63 Å².